The quantitative estimate of drug-likeness (QED) is 0.586. The van der Waals surface area contributed by atoms with Crippen LogP contribution in [-0.2, 0) is 9.59 Å². The number of nitrogens with one attached hydrogen (secondary N) is 2. The monoisotopic (exact) mass is 421 g/mol. The number of benzene rings is 2. The van der Waals surface area contributed by atoms with E-state index >= 15 is 0 Å². The van der Waals surface area contributed by atoms with Gasteiger partial charge in [0, 0.05) is 4.47 Å². The largest absolute Gasteiger partial charge is 0.287 e. The fourth-order valence-electron chi connectivity index (χ4n) is 2.47. The molecule has 1 aliphatic heterocycles. The molecule has 25 heavy (non-hydrogen) atoms. The van der Waals surface area contributed by atoms with Crippen molar-refractivity contribution >= 4 is 50.9 Å². The lowest BCUT2D eigenvalue weighted by atomic mass is 10.2. The predicted molar refractivity (Wildman–Crippen MR) is 97.1 cm³/mol. The second-order valence-corrected chi connectivity index (χ2v) is 6.70. The SMILES string of the molecule is O=C(NN[C@@H]1CC(=O)N(c2ccc(Br)cc2)C1=O)c1ccccc1Cl. The first-order valence-electron chi connectivity index (χ1n) is 7.40. The first kappa shape index (κ1) is 17.6. The third-order valence-electron chi connectivity index (χ3n) is 3.71. The lowest BCUT2D eigenvalue weighted by Gasteiger charge is -2.16. The van der Waals surface area contributed by atoms with Gasteiger partial charge in [0.05, 0.1) is 22.7 Å². The summed E-state index contributed by atoms with van der Waals surface area (Å²) in [5.74, 6) is -1.24. The first-order valence-corrected chi connectivity index (χ1v) is 8.57. The van der Waals surface area contributed by atoms with Gasteiger partial charge in [0.2, 0.25) is 5.91 Å². The maximum absolute atomic E-state index is 12.5. The molecule has 0 radical (unpaired) electrons. The summed E-state index contributed by atoms with van der Waals surface area (Å²) in [6, 6.07) is 12.6. The minimum atomic E-state index is -0.831. The molecule has 1 atom stereocenters. The molecule has 8 heteroatoms. The van der Waals surface area contributed by atoms with Gasteiger partial charge in [-0.05, 0) is 36.4 Å². The van der Waals surface area contributed by atoms with Crippen LogP contribution in [0.25, 0.3) is 0 Å². The van der Waals surface area contributed by atoms with Crippen LogP contribution in [-0.4, -0.2) is 23.8 Å². The predicted octanol–water partition coefficient (Wildman–Crippen LogP) is 2.67. The Labute approximate surface area is 157 Å². The molecule has 0 unspecified atom stereocenters. The number of halogens is 2. The van der Waals surface area contributed by atoms with Crippen molar-refractivity contribution < 1.29 is 14.4 Å². The molecule has 1 saturated heterocycles. The van der Waals surface area contributed by atoms with Crippen LogP contribution in [0.2, 0.25) is 5.02 Å². The van der Waals surface area contributed by atoms with Gasteiger partial charge in [-0.3, -0.25) is 19.8 Å². The summed E-state index contributed by atoms with van der Waals surface area (Å²) in [6.07, 6.45) is -0.0439. The van der Waals surface area contributed by atoms with E-state index in [0.717, 1.165) is 9.37 Å². The van der Waals surface area contributed by atoms with Gasteiger partial charge in [0.25, 0.3) is 11.8 Å². The molecule has 3 rings (SSSR count). The Balaban J connectivity index is 1.67. The number of carbonyl (C=O) groups excluding carboxylic acids is 3. The van der Waals surface area contributed by atoms with Gasteiger partial charge in [-0.2, -0.15) is 0 Å². The molecule has 2 aromatic carbocycles. The van der Waals surface area contributed by atoms with E-state index < -0.39 is 17.9 Å². The van der Waals surface area contributed by atoms with Gasteiger partial charge < -0.3 is 0 Å². The zero-order valence-electron chi connectivity index (χ0n) is 12.8. The highest BCUT2D eigenvalue weighted by molar-refractivity contribution is 9.10. The fourth-order valence-corrected chi connectivity index (χ4v) is 2.96. The number of rotatable bonds is 4. The minimum absolute atomic E-state index is 0.0439. The Morgan fingerprint density at radius 1 is 1.12 bits per heavy atom. The Morgan fingerprint density at radius 2 is 1.80 bits per heavy atom. The Kier molecular flexibility index (Phi) is 5.17. The van der Waals surface area contributed by atoms with E-state index in [2.05, 4.69) is 26.8 Å². The molecule has 128 valence electrons. The van der Waals surface area contributed by atoms with Crippen molar-refractivity contribution in [2.24, 2.45) is 0 Å². The van der Waals surface area contributed by atoms with Gasteiger partial charge in [0.15, 0.2) is 0 Å². The molecule has 2 N–H and O–H groups in total. The van der Waals surface area contributed by atoms with Crippen LogP contribution in [0.3, 0.4) is 0 Å². The lowest BCUT2D eigenvalue weighted by molar-refractivity contribution is -0.121. The van der Waals surface area contributed by atoms with Crippen molar-refractivity contribution in [3.63, 3.8) is 0 Å². The van der Waals surface area contributed by atoms with Crippen molar-refractivity contribution in [3.8, 4) is 0 Å². The molecule has 0 aromatic heterocycles. The zero-order valence-corrected chi connectivity index (χ0v) is 15.2. The highest BCUT2D eigenvalue weighted by atomic mass is 79.9. The summed E-state index contributed by atoms with van der Waals surface area (Å²) >= 11 is 9.27. The second-order valence-electron chi connectivity index (χ2n) is 5.38. The van der Waals surface area contributed by atoms with Gasteiger partial charge >= 0.3 is 0 Å². The number of hydrogen-bond donors (Lipinski definition) is 2. The molecular weight excluding hydrogens is 410 g/mol. The molecule has 0 saturated carbocycles. The van der Waals surface area contributed by atoms with Crippen LogP contribution >= 0.6 is 27.5 Å². The molecule has 2 aromatic rings. The number of imide groups is 1. The maximum Gasteiger partial charge on any atom is 0.266 e. The van der Waals surface area contributed by atoms with E-state index in [4.69, 9.17) is 11.6 Å². The van der Waals surface area contributed by atoms with E-state index in [1.807, 2.05) is 0 Å². The fraction of sp³-hybridized carbons (Fsp3) is 0.118. The third-order valence-corrected chi connectivity index (χ3v) is 4.57. The molecule has 0 aliphatic carbocycles. The van der Waals surface area contributed by atoms with Gasteiger partial charge in [0.1, 0.15) is 6.04 Å². The number of anilines is 1. The molecule has 0 bridgehead atoms. The van der Waals surface area contributed by atoms with Crippen LogP contribution in [0.15, 0.2) is 53.0 Å². The number of amides is 3. The van der Waals surface area contributed by atoms with Crippen molar-refractivity contribution in [2.45, 2.75) is 12.5 Å². The normalized spacial score (nSPS) is 17.0. The number of hydrazine groups is 1. The summed E-state index contributed by atoms with van der Waals surface area (Å²) in [5.41, 5.74) is 5.81. The topological polar surface area (TPSA) is 78.5 Å². The van der Waals surface area contributed by atoms with Crippen LogP contribution in [0, 0.1) is 0 Å². The number of carbonyl (C=O) groups is 3. The summed E-state index contributed by atoms with van der Waals surface area (Å²) in [6.45, 7) is 0. The Hall–Kier alpha value is -2.22. The molecule has 3 amide bonds. The average molecular weight is 423 g/mol. The van der Waals surface area contributed by atoms with E-state index in [9.17, 15) is 14.4 Å². The molecule has 1 fully saturated rings. The van der Waals surface area contributed by atoms with Crippen LogP contribution in [0.1, 0.15) is 16.8 Å². The maximum atomic E-state index is 12.5. The van der Waals surface area contributed by atoms with E-state index in [-0.39, 0.29) is 17.9 Å². The van der Waals surface area contributed by atoms with Crippen LogP contribution < -0.4 is 15.8 Å². The van der Waals surface area contributed by atoms with E-state index in [1.165, 1.54) is 0 Å². The third kappa shape index (κ3) is 3.73. The summed E-state index contributed by atoms with van der Waals surface area (Å²) in [7, 11) is 0. The molecule has 6 nitrogen and oxygen atoms in total. The zero-order chi connectivity index (χ0) is 18.0. The van der Waals surface area contributed by atoms with Crippen LogP contribution in [0.5, 0.6) is 0 Å². The molecular formula is C17H13BrClN3O3. The van der Waals surface area contributed by atoms with Crippen molar-refractivity contribution in [3.05, 3.63) is 63.6 Å². The highest BCUT2D eigenvalue weighted by Crippen LogP contribution is 2.24. The van der Waals surface area contributed by atoms with Crippen LogP contribution in [0.4, 0.5) is 5.69 Å². The van der Waals surface area contributed by atoms with Gasteiger partial charge in [-0.25, -0.2) is 10.3 Å². The summed E-state index contributed by atoms with van der Waals surface area (Å²) in [4.78, 5) is 37.9. The van der Waals surface area contributed by atoms with E-state index in [1.54, 1.807) is 48.5 Å². The number of hydrogen-bond acceptors (Lipinski definition) is 4. The molecule has 1 heterocycles. The van der Waals surface area contributed by atoms with Gasteiger partial charge in [-0.1, -0.05) is 39.7 Å². The van der Waals surface area contributed by atoms with Gasteiger partial charge in [-0.15, -0.1) is 0 Å². The minimum Gasteiger partial charge on any atom is -0.287 e. The molecule has 1 aliphatic rings. The van der Waals surface area contributed by atoms with Crippen molar-refractivity contribution in [1.82, 2.24) is 10.9 Å². The summed E-state index contributed by atoms with van der Waals surface area (Å²) < 4.78 is 0.844. The van der Waals surface area contributed by atoms with Crippen molar-refractivity contribution in [2.75, 3.05) is 4.90 Å². The van der Waals surface area contributed by atoms with Crippen molar-refractivity contribution in [1.29, 1.82) is 0 Å². The lowest BCUT2D eigenvalue weighted by Crippen LogP contribution is -2.48. The molecule has 0 spiro atoms. The highest BCUT2D eigenvalue weighted by Gasteiger charge is 2.39. The Morgan fingerprint density at radius 3 is 2.48 bits per heavy atom. The Bertz CT molecular complexity index is 841. The number of nitrogens with zero attached hydrogens (tertiary/aromatic N) is 1. The summed E-state index contributed by atoms with van der Waals surface area (Å²) in [5, 5.41) is 0.298. The smallest absolute Gasteiger partial charge is 0.266 e. The second kappa shape index (κ2) is 7.35. The van der Waals surface area contributed by atoms with E-state index in [0.29, 0.717) is 10.7 Å². The average Bonchev–Trinajstić information content (AvgIpc) is 2.88. The standard InChI is InChI=1S/C17H13BrClN3O3/c18-10-5-7-11(8-6-10)22-15(23)9-14(17(22)25)20-21-16(24)12-3-1-2-4-13(12)19/h1-8,14,20H,9H2,(H,21,24)/t14-/m1/s1. The first-order chi connectivity index (χ1) is 12.0.